The Morgan fingerprint density at radius 1 is 0.838 bits per heavy atom. The molecule has 0 atom stereocenters. The van der Waals surface area contributed by atoms with Crippen LogP contribution in [0.4, 0.5) is 17.6 Å². The smallest absolute Gasteiger partial charge is 0.418 e. The van der Waals surface area contributed by atoms with E-state index in [0.717, 1.165) is 6.07 Å². The van der Waals surface area contributed by atoms with Crippen LogP contribution >= 0.6 is 0 Å². The Hall–Kier alpha value is -4.52. The maximum absolute atomic E-state index is 14.0. The zero-order chi connectivity index (χ0) is 26.0. The number of carbonyl (C=O) groups is 1. The van der Waals surface area contributed by atoms with Crippen molar-refractivity contribution in [3.63, 3.8) is 0 Å². The number of alkyl halides is 3. The molecule has 0 amide bonds. The SMILES string of the molecule is O=Cc1ccccc1-c1cnc2c(C(F)(F)F)cccc2c1-c1cccc(OCc2ccccc2F)c1. The summed E-state index contributed by atoms with van der Waals surface area (Å²) >= 11 is 0. The van der Waals surface area contributed by atoms with E-state index < -0.39 is 17.6 Å². The van der Waals surface area contributed by atoms with E-state index in [2.05, 4.69) is 4.98 Å². The van der Waals surface area contributed by atoms with Gasteiger partial charge in [0, 0.05) is 33.8 Å². The zero-order valence-corrected chi connectivity index (χ0v) is 19.3. The Morgan fingerprint density at radius 2 is 1.59 bits per heavy atom. The maximum Gasteiger partial charge on any atom is 0.418 e. The first-order chi connectivity index (χ1) is 17.9. The summed E-state index contributed by atoms with van der Waals surface area (Å²) in [6.07, 6.45) is -2.54. The highest BCUT2D eigenvalue weighted by Crippen LogP contribution is 2.42. The Bertz CT molecular complexity index is 1610. The number of halogens is 4. The summed E-state index contributed by atoms with van der Waals surface area (Å²) in [5.41, 5.74) is 1.78. The summed E-state index contributed by atoms with van der Waals surface area (Å²) in [6.45, 7) is -0.0216. The van der Waals surface area contributed by atoms with Gasteiger partial charge in [0.05, 0.1) is 11.1 Å². The van der Waals surface area contributed by atoms with Gasteiger partial charge in [0.15, 0.2) is 6.29 Å². The molecule has 0 unspecified atom stereocenters. The first-order valence-electron chi connectivity index (χ1n) is 11.4. The molecule has 0 saturated heterocycles. The van der Waals surface area contributed by atoms with Gasteiger partial charge in [-0.05, 0) is 35.4 Å². The summed E-state index contributed by atoms with van der Waals surface area (Å²) in [6, 6.07) is 23.8. The highest BCUT2D eigenvalue weighted by molar-refractivity contribution is 6.05. The van der Waals surface area contributed by atoms with E-state index in [1.165, 1.54) is 18.3 Å². The van der Waals surface area contributed by atoms with Crippen LogP contribution in [-0.2, 0) is 12.8 Å². The molecule has 1 aromatic heterocycles. The molecule has 0 bridgehead atoms. The van der Waals surface area contributed by atoms with Crippen LogP contribution in [0.1, 0.15) is 21.5 Å². The molecule has 7 heteroatoms. The summed E-state index contributed by atoms with van der Waals surface area (Å²) in [5.74, 6) is 0.0125. The molecule has 0 aliphatic rings. The molecule has 5 rings (SSSR count). The third-order valence-corrected chi connectivity index (χ3v) is 6.06. The highest BCUT2D eigenvalue weighted by atomic mass is 19.4. The van der Waals surface area contributed by atoms with Gasteiger partial charge in [-0.1, -0.05) is 66.7 Å². The summed E-state index contributed by atoms with van der Waals surface area (Å²) < 4.78 is 61.3. The quantitative estimate of drug-likeness (QED) is 0.174. The number of aromatic nitrogens is 1. The highest BCUT2D eigenvalue weighted by Gasteiger charge is 2.34. The van der Waals surface area contributed by atoms with Crippen LogP contribution < -0.4 is 4.74 Å². The lowest BCUT2D eigenvalue weighted by atomic mass is 9.90. The second kappa shape index (κ2) is 9.85. The third kappa shape index (κ3) is 4.80. The Kier molecular flexibility index (Phi) is 6.44. The predicted molar refractivity (Wildman–Crippen MR) is 134 cm³/mol. The van der Waals surface area contributed by atoms with E-state index in [1.807, 2.05) is 0 Å². The van der Waals surface area contributed by atoms with Crippen molar-refractivity contribution in [3.8, 4) is 28.0 Å². The number of nitrogens with zero attached hydrogens (tertiary/aromatic N) is 1. The molecule has 4 aromatic carbocycles. The van der Waals surface area contributed by atoms with Gasteiger partial charge in [-0.2, -0.15) is 13.2 Å². The van der Waals surface area contributed by atoms with Crippen molar-refractivity contribution in [2.45, 2.75) is 12.8 Å². The second-order valence-corrected chi connectivity index (χ2v) is 8.36. The minimum absolute atomic E-state index is 0.0216. The predicted octanol–water partition coefficient (Wildman–Crippen LogP) is 8.12. The van der Waals surface area contributed by atoms with Gasteiger partial charge in [-0.3, -0.25) is 9.78 Å². The third-order valence-electron chi connectivity index (χ3n) is 6.06. The van der Waals surface area contributed by atoms with Gasteiger partial charge in [-0.25, -0.2) is 4.39 Å². The number of carbonyl (C=O) groups excluding carboxylic acids is 1. The van der Waals surface area contributed by atoms with E-state index in [9.17, 15) is 22.4 Å². The van der Waals surface area contributed by atoms with Crippen molar-refractivity contribution in [1.29, 1.82) is 0 Å². The lowest BCUT2D eigenvalue weighted by Gasteiger charge is -2.18. The number of rotatable bonds is 6. The fourth-order valence-electron chi connectivity index (χ4n) is 4.33. The Balaban J connectivity index is 1.70. The number of benzene rings is 4. The van der Waals surface area contributed by atoms with E-state index in [0.29, 0.717) is 45.4 Å². The number of hydrogen-bond donors (Lipinski definition) is 0. The molecule has 0 aliphatic heterocycles. The summed E-state index contributed by atoms with van der Waals surface area (Å²) in [5, 5.41) is 0.277. The van der Waals surface area contributed by atoms with E-state index in [-0.39, 0.29) is 17.5 Å². The number of aldehydes is 1. The molecule has 0 saturated carbocycles. The molecule has 3 nitrogen and oxygen atoms in total. The van der Waals surface area contributed by atoms with Crippen molar-refractivity contribution in [2.24, 2.45) is 0 Å². The van der Waals surface area contributed by atoms with Gasteiger partial charge >= 0.3 is 6.18 Å². The van der Waals surface area contributed by atoms with Crippen LogP contribution in [0, 0.1) is 5.82 Å². The molecular formula is C30H19F4NO2. The monoisotopic (exact) mass is 501 g/mol. The van der Waals surface area contributed by atoms with Crippen molar-refractivity contribution in [1.82, 2.24) is 4.98 Å². The van der Waals surface area contributed by atoms with Crippen LogP contribution in [0.2, 0.25) is 0 Å². The second-order valence-electron chi connectivity index (χ2n) is 8.36. The lowest BCUT2D eigenvalue weighted by Crippen LogP contribution is -2.07. The molecule has 0 radical (unpaired) electrons. The fraction of sp³-hybridized carbons (Fsp3) is 0.0667. The molecule has 0 aliphatic carbocycles. The number of fused-ring (bicyclic) bond motifs is 1. The van der Waals surface area contributed by atoms with Crippen molar-refractivity contribution >= 4 is 17.2 Å². The maximum atomic E-state index is 14.0. The normalized spacial score (nSPS) is 11.5. The average molecular weight is 501 g/mol. The van der Waals surface area contributed by atoms with Crippen LogP contribution in [0.25, 0.3) is 33.2 Å². The molecule has 184 valence electrons. The molecule has 1 heterocycles. The van der Waals surface area contributed by atoms with Crippen LogP contribution in [-0.4, -0.2) is 11.3 Å². The van der Waals surface area contributed by atoms with Crippen molar-refractivity contribution in [3.05, 3.63) is 120 Å². The first-order valence-corrected chi connectivity index (χ1v) is 11.4. The Morgan fingerprint density at radius 3 is 2.38 bits per heavy atom. The molecule has 37 heavy (non-hydrogen) atoms. The van der Waals surface area contributed by atoms with Gasteiger partial charge in [0.25, 0.3) is 0 Å². The van der Waals surface area contributed by atoms with Gasteiger partial charge in [-0.15, -0.1) is 0 Å². The standard InChI is InChI=1S/C30H19F4NO2/c31-27-14-4-2-8-21(27)18-37-22-10-5-9-19(15-22)28-24-12-6-13-26(30(32,33)34)29(24)35-16-25(28)23-11-3-1-7-20(23)17-36/h1-17H,18H2. The number of hydrogen-bond acceptors (Lipinski definition) is 3. The molecule has 0 fully saturated rings. The molecular weight excluding hydrogens is 482 g/mol. The minimum atomic E-state index is -4.60. The number of ether oxygens (including phenoxy) is 1. The number of para-hydroxylation sites is 1. The summed E-state index contributed by atoms with van der Waals surface area (Å²) in [7, 11) is 0. The van der Waals surface area contributed by atoms with E-state index in [4.69, 9.17) is 4.74 Å². The molecule has 0 N–H and O–H groups in total. The fourth-order valence-corrected chi connectivity index (χ4v) is 4.33. The van der Waals surface area contributed by atoms with Gasteiger partial charge in [0.2, 0.25) is 0 Å². The van der Waals surface area contributed by atoms with Gasteiger partial charge < -0.3 is 4.74 Å². The Labute approximate surface area is 210 Å². The lowest BCUT2D eigenvalue weighted by molar-refractivity contribution is -0.136. The number of pyridine rings is 1. The van der Waals surface area contributed by atoms with E-state index in [1.54, 1.807) is 72.8 Å². The van der Waals surface area contributed by atoms with Crippen LogP contribution in [0.15, 0.2) is 97.2 Å². The topological polar surface area (TPSA) is 39.2 Å². The average Bonchev–Trinajstić information content (AvgIpc) is 2.91. The van der Waals surface area contributed by atoms with Crippen molar-refractivity contribution in [2.75, 3.05) is 0 Å². The molecule has 5 aromatic rings. The van der Waals surface area contributed by atoms with Crippen molar-refractivity contribution < 1.29 is 27.1 Å². The van der Waals surface area contributed by atoms with Crippen LogP contribution in [0.5, 0.6) is 5.75 Å². The van der Waals surface area contributed by atoms with Gasteiger partial charge in [0.1, 0.15) is 18.2 Å². The zero-order valence-electron chi connectivity index (χ0n) is 19.3. The first kappa shape index (κ1) is 24.2. The minimum Gasteiger partial charge on any atom is -0.489 e. The molecule has 0 spiro atoms. The van der Waals surface area contributed by atoms with E-state index >= 15 is 0 Å². The largest absolute Gasteiger partial charge is 0.489 e. The summed E-state index contributed by atoms with van der Waals surface area (Å²) in [4.78, 5) is 16.0. The van der Waals surface area contributed by atoms with Crippen LogP contribution in [0.3, 0.4) is 0 Å².